The van der Waals surface area contributed by atoms with Crippen LogP contribution in [0.15, 0.2) is 43.0 Å². The van der Waals surface area contributed by atoms with E-state index in [1.165, 1.54) is 22.1 Å². The van der Waals surface area contributed by atoms with E-state index in [1.54, 1.807) is 30.3 Å². The van der Waals surface area contributed by atoms with Crippen LogP contribution < -0.4 is 10.6 Å². The first-order valence-corrected chi connectivity index (χ1v) is 8.47. The summed E-state index contributed by atoms with van der Waals surface area (Å²) in [7, 11) is 0. The number of benzene rings is 1. The number of urea groups is 1. The molecular weight excluding hydrogens is 368 g/mol. The van der Waals surface area contributed by atoms with Crippen molar-refractivity contribution < 1.29 is 24.9 Å². The van der Waals surface area contributed by atoms with Crippen molar-refractivity contribution in [2.75, 3.05) is 11.5 Å². The van der Waals surface area contributed by atoms with E-state index in [0.717, 1.165) is 0 Å². The zero-order chi connectivity index (χ0) is 19.8. The quantitative estimate of drug-likeness (QED) is 0.473. The molecule has 28 heavy (non-hydrogen) atoms. The summed E-state index contributed by atoms with van der Waals surface area (Å²) in [6, 6.07) is 7.94. The van der Waals surface area contributed by atoms with Gasteiger partial charge in [0.05, 0.1) is 18.6 Å². The van der Waals surface area contributed by atoms with Crippen LogP contribution in [0.4, 0.5) is 16.3 Å². The average molecular weight is 386 g/mol. The first-order chi connectivity index (χ1) is 13.5. The number of primary amides is 1. The summed E-state index contributed by atoms with van der Waals surface area (Å²) >= 11 is 0. The number of aliphatic hydroxyl groups is 3. The third-order valence-electron chi connectivity index (χ3n) is 4.58. The third kappa shape index (κ3) is 2.86. The van der Waals surface area contributed by atoms with Gasteiger partial charge in [-0.1, -0.05) is 18.2 Å². The SMILES string of the molecule is NC(=O)N(c1ccccc1)c1ncnc2c1ncn2[C@@H]1O[C@H](CO)C(O)C1O. The number of nitrogens with two attached hydrogens (primary N) is 1. The number of ether oxygens (including phenoxy) is 1. The van der Waals surface area contributed by atoms with Gasteiger partial charge in [0, 0.05) is 0 Å². The van der Waals surface area contributed by atoms with Crippen molar-refractivity contribution in [3.05, 3.63) is 43.0 Å². The number of rotatable bonds is 4. The van der Waals surface area contributed by atoms with Crippen LogP contribution in [-0.2, 0) is 4.74 Å². The van der Waals surface area contributed by atoms with E-state index in [1.807, 2.05) is 0 Å². The maximum Gasteiger partial charge on any atom is 0.325 e. The first-order valence-electron chi connectivity index (χ1n) is 8.47. The van der Waals surface area contributed by atoms with Crippen LogP contribution in [0.3, 0.4) is 0 Å². The Morgan fingerprint density at radius 2 is 1.93 bits per heavy atom. The Morgan fingerprint density at radius 1 is 1.18 bits per heavy atom. The number of carbonyl (C=O) groups excluding carboxylic acids is 1. The molecule has 0 bridgehead atoms. The number of imidazole rings is 1. The molecule has 1 aliphatic heterocycles. The molecule has 0 aliphatic carbocycles. The Morgan fingerprint density at radius 3 is 2.57 bits per heavy atom. The van der Waals surface area contributed by atoms with Crippen LogP contribution in [0.1, 0.15) is 6.23 Å². The fourth-order valence-electron chi connectivity index (χ4n) is 3.23. The molecule has 0 spiro atoms. The Labute approximate surface area is 158 Å². The van der Waals surface area contributed by atoms with Crippen molar-refractivity contribution in [1.29, 1.82) is 0 Å². The molecule has 0 radical (unpaired) electrons. The van der Waals surface area contributed by atoms with E-state index in [0.29, 0.717) is 5.69 Å². The van der Waals surface area contributed by atoms with E-state index in [9.17, 15) is 20.1 Å². The minimum absolute atomic E-state index is 0.161. The van der Waals surface area contributed by atoms with E-state index in [4.69, 9.17) is 10.5 Å². The summed E-state index contributed by atoms with van der Waals surface area (Å²) in [4.78, 5) is 25.9. The van der Waals surface area contributed by atoms with E-state index < -0.39 is 37.2 Å². The van der Waals surface area contributed by atoms with Crippen molar-refractivity contribution in [2.45, 2.75) is 24.5 Å². The van der Waals surface area contributed by atoms with E-state index >= 15 is 0 Å². The van der Waals surface area contributed by atoms with Crippen LogP contribution in [0.25, 0.3) is 11.2 Å². The summed E-state index contributed by atoms with van der Waals surface area (Å²) in [5, 5.41) is 29.5. The molecule has 2 unspecified atom stereocenters. The van der Waals surface area contributed by atoms with Crippen LogP contribution in [-0.4, -0.2) is 65.8 Å². The monoisotopic (exact) mass is 386 g/mol. The van der Waals surface area contributed by atoms with Gasteiger partial charge in [-0.3, -0.25) is 4.57 Å². The van der Waals surface area contributed by atoms with Crippen LogP contribution >= 0.6 is 0 Å². The molecule has 4 atom stereocenters. The topological polar surface area (TPSA) is 160 Å². The number of fused-ring (bicyclic) bond motifs is 1. The minimum Gasteiger partial charge on any atom is -0.394 e. The third-order valence-corrected chi connectivity index (χ3v) is 4.58. The summed E-state index contributed by atoms with van der Waals surface area (Å²) in [6.07, 6.45) is -1.93. The molecule has 2 aromatic heterocycles. The standard InChI is InChI=1S/C17H18N6O5/c18-17(27)23(9-4-2-1-3-5-9)15-11-14(19-7-20-15)22(8-21-11)16-13(26)12(25)10(6-24)28-16/h1-5,7-8,10,12-13,16,24-26H,6H2,(H2,18,27)/t10-,12?,13?,16-/m1/s1. The lowest BCUT2D eigenvalue weighted by molar-refractivity contribution is -0.0511. The average Bonchev–Trinajstić information content (AvgIpc) is 3.25. The molecule has 1 saturated heterocycles. The normalized spacial score (nSPS) is 24.5. The predicted octanol–water partition coefficient (Wildman–Crippen LogP) is -0.345. The molecule has 1 aliphatic rings. The number of aliphatic hydroxyl groups excluding tert-OH is 3. The van der Waals surface area contributed by atoms with Crippen molar-refractivity contribution in [3.8, 4) is 0 Å². The molecule has 3 heterocycles. The molecule has 0 saturated carbocycles. The zero-order valence-corrected chi connectivity index (χ0v) is 14.5. The molecule has 2 amide bonds. The smallest absolute Gasteiger partial charge is 0.325 e. The molecule has 11 nitrogen and oxygen atoms in total. The van der Waals surface area contributed by atoms with Crippen LogP contribution in [0.2, 0.25) is 0 Å². The molecular formula is C17H18N6O5. The highest BCUT2D eigenvalue weighted by Gasteiger charge is 2.44. The van der Waals surface area contributed by atoms with Gasteiger partial charge in [0.15, 0.2) is 23.2 Å². The molecule has 1 aromatic carbocycles. The molecule has 3 aromatic rings. The van der Waals surface area contributed by atoms with Crippen LogP contribution in [0, 0.1) is 0 Å². The van der Waals surface area contributed by atoms with Gasteiger partial charge in [0.1, 0.15) is 24.6 Å². The first kappa shape index (κ1) is 18.3. The molecule has 1 fully saturated rings. The van der Waals surface area contributed by atoms with Gasteiger partial charge in [-0.2, -0.15) is 0 Å². The Balaban J connectivity index is 1.80. The summed E-state index contributed by atoms with van der Waals surface area (Å²) < 4.78 is 6.94. The fraction of sp³-hybridized carbons (Fsp3) is 0.294. The summed E-state index contributed by atoms with van der Waals surface area (Å²) in [6.45, 7) is -0.453. The molecule has 5 N–H and O–H groups in total. The molecule has 4 rings (SSSR count). The maximum atomic E-state index is 12.1. The largest absolute Gasteiger partial charge is 0.394 e. The zero-order valence-electron chi connectivity index (χ0n) is 14.5. The van der Waals surface area contributed by atoms with Gasteiger partial charge < -0.3 is 25.8 Å². The predicted molar refractivity (Wildman–Crippen MR) is 96.5 cm³/mol. The molecule has 11 heteroatoms. The summed E-state index contributed by atoms with van der Waals surface area (Å²) in [5.41, 5.74) is 6.58. The number of amides is 2. The van der Waals surface area contributed by atoms with E-state index in [-0.39, 0.29) is 17.0 Å². The number of nitrogens with zero attached hydrogens (tertiary/aromatic N) is 5. The highest BCUT2D eigenvalue weighted by Crippen LogP contribution is 2.34. The number of carbonyl (C=O) groups is 1. The van der Waals surface area contributed by atoms with Gasteiger partial charge in [0.2, 0.25) is 0 Å². The van der Waals surface area contributed by atoms with Crippen molar-refractivity contribution >= 4 is 28.7 Å². The highest BCUT2D eigenvalue weighted by atomic mass is 16.6. The van der Waals surface area contributed by atoms with Crippen molar-refractivity contribution in [3.63, 3.8) is 0 Å². The Kier molecular flexibility index (Phi) is 4.65. The second-order valence-electron chi connectivity index (χ2n) is 6.26. The Hall–Kier alpha value is -3.12. The van der Waals surface area contributed by atoms with Crippen LogP contribution in [0.5, 0.6) is 0 Å². The molecule has 146 valence electrons. The summed E-state index contributed by atoms with van der Waals surface area (Å²) in [5.74, 6) is 0.161. The van der Waals surface area contributed by atoms with Gasteiger partial charge in [0.25, 0.3) is 0 Å². The van der Waals surface area contributed by atoms with Gasteiger partial charge >= 0.3 is 6.03 Å². The van der Waals surface area contributed by atoms with Crippen molar-refractivity contribution in [1.82, 2.24) is 19.5 Å². The lowest BCUT2D eigenvalue weighted by Crippen LogP contribution is -2.33. The lowest BCUT2D eigenvalue weighted by Gasteiger charge is -2.20. The number of anilines is 2. The number of para-hydroxylation sites is 1. The van der Waals surface area contributed by atoms with Gasteiger partial charge in [-0.15, -0.1) is 0 Å². The van der Waals surface area contributed by atoms with Gasteiger partial charge in [-0.05, 0) is 12.1 Å². The maximum absolute atomic E-state index is 12.1. The number of hydrogen-bond donors (Lipinski definition) is 4. The minimum atomic E-state index is -1.30. The van der Waals surface area contributed by atoms with Crippen molar-refractivity contribution in [2.24, 2.45) is 5.73 Å². The Bertz CT molecular complexity index is 996. The number of aromatic nitrogens is 4. The van der Waals surface area contributed by atoms with E-state index in [2.05, 4.69) is 15.0 Å². The van der Waals surface area contributed by atoms with Gasteiger partial charge in [-0.25, -0.2) is 24.6 Å². The highest BCUT2D eigenvalue weighted by molar-refractivity contribution is 6.03. The second kappa shape index (κ2) is 7.13. The second-order valence-corrected chi connectivity index (χ2v) is 6.26. The number of hydrogen-bond acceptors (Lipinski definition) is 8. The fourth-order valence-corrected chi connectivity index (χ4v) is 3.23. The lowest BCUT2D eigenvalue weighted by atomic mass is 10.1.